The van der Waals surface area contributed by atoms with Gasteiger partial charge < -0.3 is 29.9 Å². The molecule has 1 aromatic carbocycles. The highest BCUT2D eigenvalue weighted by atomic mass is 32.1. The van der Waals surface area contributed by atoms with Crippen LogP contribution in [0, 0.1) is 5.41 Å². The highest BCUT2D eigenvalue weighted by Gasteiger charge is 2.44. The fourth-order valence-electron chi connectivity index (χ4n) is 1.80. The second-order valence-electron chi connectivity index (χ2n) is 4.23. The van der Waals surface area contributed by atoms with Gasteiger partial charge in [0.05, 0.1) is 11.8 Å². The molecule has 2 rings (SSSR count). The Morgan fingerprint density at radius 2 is 1.71 bits per heavy atom. The number of aliphatic hydroxyl groups excluding tert-OH is 4. The highest BCUT2D eigenvalue weighted by Crippen LogP contribution is 2.23. The minimum Gasteiger partial charge on any atom is -0.462 e. The Morgan fingerprint density at radius 3 is 2.24 bits per heavy atom. The van der Waals surface area contributed by atoms with Crippen LogP contribution in [0.4, 0.5) is 0 Å². The van der Waals surface area contributed by atoms with Crippen molar-refractivity contribution < 1.29 is 29.9 Å². The lowest BCUT2D eigenvalue weighted by Crippen LogP contribution is -2.60. The lowest BCUT2D eigenvalue weighted by atomic mass is 9.99. The number of isothiocyanates is 1. The highest BCUT2D eigenvalue weighted by molar-refractivity contribution is 7.78. The lowest BCUT2D eigenvalue weighted by Gasteiger charge is -2.39. The molecule has 1 unspecified atom stereocenters. The van der Waals surface area contributed by atoms with Gasteiger partial charge in [-0.15, -0.1) is 0 Å². The van der Waals surface area contributed by atoms with Crippen LogP contribution >= 0.6 is 12.2 Å². The molecular formula is C13H17NO6S. The Hall–Kier alpha value is -1.38. The molecule has 0 saturated carbocycles. The molecule has 0 spiro atoms. The first-order valence-electron chi connectivity index (χ1n) is 6.11. The van der Waals surface area contributed by atoms with Crippen LogP contribution in [0.3, 0.4) is 0 Å². The zero-order valence-electron chi connectivity index (χ0n) is 11.0. The summed E-state index contributed by atoms with van der Waals surface area (Å²) in [7, 11) is 0. The van der Waals surface area contributed by atoms with E-state index in [0.717, 1.165) is 0 Å². The molecular weight excluding hydrogens is 298 g/mol. The fourth-order valence-corrected chi connectivity index (χ4v) is 1.80. The standard InChI is InChI=1S/C12H16O6.CHNS/c13-6-8-9(14)10(15)11(16)12(18-8)17-7-4-2-1-3-5-7;2-1-3/h1-5,8-16H,6H2;2H/t8-,9-,10+,11+,12?;/m1./s1. The summed E-state index contributed by atoms with van der Waals surface area (Å²) in [5.74, 6) is 0.460. The van der Waals surface area contributed by atoms with E-state index in [1.54, 1.807) is 35.5 Å². The van der Waals surface area contributed by atoms with Crippen molar-refractivity contribution >= 4 is 17.4 Å². The molecule has 0 aliphatic carbocycles. The molecule has 0 bridgehead atoms. The van der Waals surface area contributed by atoms with Crippen molar-refractivity contribution in [1.29, 1.82) is 5.41 Å². The van der Waals surface area contributed by atoms with Gasteiger partial charge in [-0.2, -0.15) is 0 Å². The summed E-state index contributed by atoms with van der Waals surface area (Å²) in [6.07, 6.45) is -6.28. The summed E-state index contributed by atoms with van der Waals surface area (Å²) in [6, 6.07) is 8.64. The molecule has 1 aliphatic rings. The van der Waals surface area contributed by atoms with Crippen molar-refractivity contribution in [2.75, 3.05) is 6.61 Å². The van der Waals surface area contributed by atoms with Crippen LogP contribution in [-0.4, -0.2) is 62.9 Å². The van der Waals surface area contributed by atoms with Crippen molar-refractivity contribution in [3.63, 3.8) is 0 Å². The van der Waals surface area contributed by atoms with E-state index in [2.05, 4.69) is 12.2 Å². The fraction of sp³-hybridized carbons (Fsp3) is 0.462. The molecule has 1 aliphatic heterocycles. The Balaban J connectivity index is 0.000000677. The van der Waals surface area contributed by atoms with Crippen LogP contribution in [0.15, 0.2) is 30.3 Å². The van der Waals surface area contributed by atoms with Gasteiger partial charge in [-0.3, -0.25) is 0 Å². The number of nitrogens with one attached hydrogen (secondary N) is 1. The molecule has 5 atom stereocenters. The van der Waals surface area contributed by atoms with Crippen molar-refractivity contribution in [3.05, 3.63) is 30.3 Å². The maximum absolute atomic E-state index is 9.74. The molecule has 1 fully saturated rings. The van der Waals surface area contributed by atoms with Crippen LogP contribution in [0.25, 0.3) is 0 Å². The Morgan fingerprint density at radius 1 is 1.14 bits per heavy atom. The molecule has 21 heavy (non-hydrogen) atoms. The van der Waals surface area contributed by atoms with Gasteiger partial charge in [-0.05, 0) is 24.4 Å². The summed E-state index contributed by atoms with van der Waals surface area (Å²) in [5, 5.41) is 45.3. The van der Waals surface area contributed by atoms with E-state index >= 15 is 0 Å². The van der Waals surface area contributed by atoms with Gasteiger partial charge in [0.1, 0.15) is 30.2 Å². The Labute approximate surface area is 126 Å². The van der Waals surface area contributed by atoms with Crippen LogP contribution in [0.5, 0.6) is 5.75 Å². The molecule has 116 valence electrons. The zero-order valence-corrected chi connectivity index (χ0v) is 11.8. The molecule has 1 saturated heterocycles. The number of benzene rings is 1. The van der Waals surface area contributed by atoms with Crippen LogP contribution in [-0.2, 0) is 4.74 Å². The van der Waals surface area contributed by atoms with Gasteiger partial charge in [0.15, 0.2) is 0 Å². The number of hydrogen-bond donors (Lipinski definition) is 5. The van der Waals surface area contributed by atoms with Gasteiger partial charge >= 0.3 is 0 Å². The van der Waals surface area contributed by atoms with Crippen molar-refractivity contribution in [1.82, 2.24) is 0 Å². The topological polar surface area (TPSA) is 123 Å². The van der Waals surface area contributed by atoms with E-state index in [0.29, 0.717) is 5.75 Å². The average Bonchev–Trinajstić information content (AvgIpc) is 2.50. The summed E-state index contributed by atoms with van der Waals surface area (Å²) >= 11 is 3.81. The van der Waals surface area contributed by atoms with Crippen LogP contribution in [0.2, 0.25) is 0 Å². The van der Waals surface area contributed by atoms with Crippen LogP contribution < -0.4 is 4.74 Å². The quantitative estimate of drug-likeness (QED) is 0.377. The first-order chi connectivity index (χ1) is 10.0. The Kier molecular flexibility index (Phi) is 7.41. The van der Waals surface area contributed by atoms with Crippen molar-refractivity contribution in [2.24, 2.45) is 0 Å². The smallest absolute Gasteiger partial charge is 0.229 e. The number of rotatable bonds is 3. The van der Waals surface area contributed by atoms with Crippen molar-refractivity contribution in [3.8, 4) is 5.75 Å². The summed E-state index contributed by atoms with van der Waals surface area (Å²) in [4.78, 5) is 0. The van der Waals surface area contributed by atoms with Gasteiger partial charge in [-0.25, -0.2) is 5.41 Å². The summed E-state index contributed by atoms with van der Waals surface area (Å²) < 4.78 is 10.6. The third kappa shape index (κ3) is 4.83. The number of ether oxygens (including phenoxy) is 2. The van der Waals surface area contributed by atoms with Gasteiger partial charge in [0.25, 0.3) is 0 Å². The third-order valence-electron chi connectivity index (χ3n) is 2.84. The van der Waals surface area contributed by atoms with E-state index in [1.165, 1.54) is 0 Å². The third-order valence-corrected chi connectivity index (χ3v) is 2.84. The first kappa shape index (κ1) is 17.7. The van der Waals surface area contributed by atoms with Gasteiger partial charge in [-0.1, -0.05) is 18.2 Å². The monoisotopic (exact) mass is 315 g/mol. The molecule has 1 heterocycles. The lowest BCUT2D eigenvalue weighted by molar-refractivity contribution is -0.277. The largest absolute Gasteiger partial charge is 0.462 e. The second-order valence-corrected chi connectivity index (χ2v) is 4.43. The average molecular weight is 315 g/mol. The van der Waals surface area contributed by atoms with E-state index in [1.807, 2.05) is 0 Å². The van der Waals surface area contributed by atoms with Crippen LogP contribution in [0.1, 0.15) is 0 Å². The molecule has 0 amide bonds. The number of hydrogen-bond acceptors (Lipinski definition) is 8. The summed E-state index contributed by atoms with van der Waals surface area (Å²) in [5.41, 5.74) is 0. The molecule has 7 nitrogen and oxygen atoms in total. The number of para-hydroxylation sites is 1. The maximum atomic E-state index is 9.74. The number of thiocarbonyl (C=S) groups is 1. The van der Waals surface area contributed by atoms with E-state index in [9.17, 15) is 15.3 Å². The predicted molar refractivity (Wildman–Crippen MR) is 76.2 cm³/mol. The van der Waals surface area contributed by atoms with Gasteiger partial charge in [0.2, 0.25) is 6.29 Å². The molecule has 5 N–H and O–H groups in total. The summed E-state index contributed by atoms with van der Waals surface area (Å²) in [6.45, 7) is -0.473. The SMILES string of the molecule is N=C=S.OC[C@H]1OC(Oc2ccccc2)[C@@H](O)[C@@H](O)[C@@H]1O. The van der Waals surface area contributed by atoms with E-state index in [-0.39, 0.29) is 0 Å². The predicted octanol–water partition coefficient (Wildman–Crippen LogP) is -0.467. The maximum Gasteiger partial charge on any atom is 0.229 e. The number of aliphatic hydroxyl groups is 4. The van der Waals surface area contributed by atoms with E-state index < -0.39 is 37.3 Å². The minimum atomic E-state index is -1.43. The first-order valence-corrected chi connectivity index (χ1v) is 6.52. The molecule has 0 aromatic heterocycles. The second kappa shape index (κ2) is 8.81. The van der Waals surface area contributed by atoms with Gasteiger partial charge in [0, 0.05) is 0 Å². The zero-order chi connectivity index (χ0) is 15.8. The minimum absolute atomic E-state index is 0.460. The molecule has 1 aromatic rings. The normalized spacial score (nSPS) is 31.5. The molecule has 0 radical (unpaired) electrons. The van der Waals surface area contributed by atoms with E-state index in [4.69, 9.17) is 20.0 Å². The van der Waals surface area contributed by atoms with Crippen molar-refractivity contribution in [2.45, 2.75) is 30.7 Å². The Bertz CT molecular complexity index is 451. The molecule has 8 heteroatoms.